The second kappa shape index (κ2) is 7.45. The Morgan fingerprint density at radius 3 is 1.09 bits per heavy atom. The number of hydrogen-bond donors (Lipinski definition) is 0. The molecule has 0 heteroatoms. The molecule has 176 valence electrons. The van der Waals surface area contributed by atoms with Gasteiger partial charge < -0.3 is 0 Å². The number of benzene rings is 5. The molecule has 0 heterocycles. The van der Waals surface area contributed by atoms with E-state index >= 15 is 0 Å². The van der Waals surface area contributed by atoms with Crippen LogP contribution in [-0.4, -0.2) is 0 Å². The number of rotatable bonds is 2. The fourth-order valence-corrected chi connectivity index (χ4v) is 5.46. The lowest BCUT2D eigenvalue weighted by Gasteiger charge is -2.26. The Balaban J connectivity index is 2.13. The highest BCUT2D eigenvalue weighted by Gasteiger charge is 2.23. The van der Waals surface area contributed by atoms with Crippen molar-refractivity contribution in [2.45, 2.75) is 91.9 Å². The highest BCUT2D eigenvalue weighted by Crippen LogP contribution is 2.45. The van der Waals surface area contributed by atoms with E-state index in [1.165, 1.54) is 65.3 Å². The van der Waals surface area contributed by atoms with Crippen LogP contribution in [0.4, 0.5) is 0 Å². The lowest BCUT2D eigenvalue weighted by Crippen LogP contribution is -2.13. The van der Waals surface area contributed by atoms with Crippen LogP contribution in [0.2, 0.25) is 0 Å². The predicted molar refractivity (Wildman–Crippen MR) is 153 cm³/mol. The number of fused-ring (bicyclic) bond motifs is 2. The molecule has 0 aliphatic heterocycles. The van der Waals surface area contributed by atoms with E-state index in [0.29, 0.717) is 11.8 Å². The van der Waals surface area contributed by atoms with Gasteiger partial charge in [0.15, 0.2) is 0 Å². The van der Waals surface area contributed by atoms with Crippen LogP contribution in [-0.2, 0) is 10.8 Å². The zero-order chi connectivity index (χ0) is 24.7. The fourth-order valence-electron chi connectivity index (χ4n) is 5.46. The molecule has 0 unspecified atom stereocenters. The Bertz CT molecular complexity index is 1440. The standard InChI is InChI=1S/C34H40/c1-19(2)21-11-23-12-22(20(3)4)16-28-30-18-26(34(8,9)10)14-24-13-25(33(5,6)7)17-29(32(24)30)27(15-21)31(23)28/h11-20H,1-10H3. The minimum atomic E-state index is 0.0964. The molecule has 0 saturated carbocycles. The van der Waals surface area contributed by atoms with Crippen LogP contribution < -0.4 is 0 Å². The summed E-state index contributed by atoms with van der Waals surface area (Å²) in [7, 11) is 0. The lowest BCUT2D eigenvalue weighted by atomic mass is 9.78. The van der Waals surface area contributed by atoms with Gasteiger partial charge in [0.25, 0.3) is 0 Å². The van der Waals surface area contributed by atoms with Crippen molar-refractivity contribution in [3.05, 3.63) is 70.8 Å². The molecular weight excluding hydrogens is 408 g/mol. The average molecular weight is 449 g/mol. The minimum absolute atomic E-state index is 0.0964. The molecule has 0 aliphatic rings. The second-order valence-electron chi connectivity index (χ2n) is 13.2. The van der Waals surface area contributed by atoms with Crippen molar-refractivity contribution < 1.29 is 0 Å². The van der Waals surface area contributed by atoms with Crippen LogP contribution >= 0.6 is 0 Å². The SMILES string of the molecule is CC(C)c1cc2cc(C(C)C)cc3c4cc(C(C)(C)C)cc5cc(C(C)(C)C)cc(c(c1)c23)c54. The first-order valence-corrected chi connectivity index (χ1v) is 13.0. The molecule has 0 aliphatic carbocycles. The molecule has 5 aromatic carbocycles. The summed E-state index contributed by atoms with van der Waals surface area (Å²) in [6, 6.07) is 19.7. The Morgan fingerprint density at radius 2 is 0.765 bits per heavy atom. The van der Waals surface area contributed by atoms with Gasteiger partial charge >= 0.3 is 0 Å². The summed E-state index contributed by atoms with van der Waals surface area (Å²) < 4.78 is 0. The first-order chi connectivity index (χ1) is 15.8. The Labute approximate surface area is 205 Å². The van der Waals surface area contributed by atoms with Crippen LogP contribution in [0.1, 0.15) is 103 Å². The first-order valence-electron chi connectivity index (χ1n) is 13.0. The van der Waals surface area contributed by atoms with Crippen LogP contribution in [0.25, 0.3) is 43.1 Å². The maximum Gasteiger partial charge on any atom is -0.00260 e. The first kappa shape index (κ1) is 23.2. The molecule has 34 heavy (non-hydrogen) atoms. The minimum Gasteiger partial charge on any atom is -0.0587 e. The Hall–Kier alpha value is -2.60. The smallest absolute Gasteiger partial charge is 0.00260 e. The molecule has 0 N–H and O–H groups in total. The maximum absolute atomic E-state index is 2.49. The van der Waals surface area contributed by atoms with Gasteiger partial charge in [-0.25, -0.2) is 0 Å². The molecule has 0 atom stereocenters. The van der Waals surface area contributed by atoms with Crippen molar-refractivity contribution in [3.8, 4) is 0 Å². The topological polar surface area (TPSA) is 0 Å². The Morgan fingerprint density at radius 1 is 0.441 bits per heavy atom. The normalized spacial score (nSPS) is 13.5. The van der Waals surface area contributed by atoms with Crippen LogP contribution in [0.5, 0.6) is 0 Å². The molecule has 0 fully saturated rings. The summed E-state index contributed by atoms with van der Waals surface area (Å²) in [5.41, 5.74) is 5.88. The largest absolute Gasteiger partial charge is 0.0587 e. The Kier molecular flexibility index (Phi) is 5.07. The van der Waals surface area contributed by atoms with Crippen molar-refractivity contribution in [2.75, 3.05) is 0 Å². The van der Waals surface area contributed by atoms with Crippen LogP contribution in [0.3, 0.4) is 0 Å². The molecule has 0 bridgehead atoms. The van der Waals surface area contributed by atoms with E-state index in [9.17, 15) is 0 Å². The van der Waals surface area contributed by atoms with Crippen molar-refractivity contribution in [1.82, 2.24) is 0 Å². The monoisotopic (exact) mass is 448 g/mol. The fraction of sp³-hybridized carbons (Fsp3) is 0.412. The summed E-state index contributed by atoms with van der Waals surface area (Å²) in [4.78, 5) is 0. The van der Waals surface area contributed by atoms with E-state index in [-0.39, 0.29) is 10.8 Å². The van der Waals surface area contributed by atoms with Crippen molar-refractivity contribution >= 4 is 43.1 Å². The zero-order valence-corrected chi connectivity index (χ0v) is 22.8. The van der Waals surface area contributed by atoms with Crippen LogP contribution in [0.15, 0.2) is 48.5 Å². The summed E-state index contributed by atoms with van der Waals surface area (Å²) in [5.74, 6) is 0.996. The molecule has 0 amide bonds. The molecule has 0 aromatic heterocycles. The van der Waals surface area contributed by atoms with E-state index in [2.05, 4.69) is 118 Å². The molecule has 0 radical (unpaired) electrons. The van der Waals surface area contributed by atoms with Gasteiger partial charge in [0.2, 0.25) is 0 Å². The second-order valence-corrected chi connectivity index (χ2v) is 13.2. The average Bonchev–Trinajstić information content (AvgIpc) is 2.74. The van der Waals surface area contributed by atoms with E-state index in [1.54, 1.807) is 0 Å². The van der Waals surface area contributed by atoms with Crippen molar-refractivity contribution in [1.29, 1.82) is 0 Å². The van der Waals surface area contributed by atoms with Gasteiger partial charge in [0, 0.05) is 0 Å². The summed E-state index contributed by atoms with van der Waals surface area (Å²) in [6.45, 7) is 23.3. The van der Waals surface area contributed by atoms with Gasteiger partial charge in [-0.15, -0.1) is 0 Å². The van der Waals surface area contributed by atoms with Crippen molar-refractivity contribution in [3.63, 3.8) is 0 Å². The van der Waals surface area contributed by atoms with Gasteiger partial charge in [0.05, 0.1) is 0 Å². The summed E-state index contributed by atoms with van der Waals surface area (Å²) in [6.07, 6.45) is 0. The summed E-state index contributed by atoms with van der Waals surface area (Å²) >= 11 is 0. The number of hydrogen-bond acceptors (Lipinski definition) is 0. The lowest BCUT2D eigenvalue weighted by molar-refractivity contribution is 0.590. The van der Waals surface area contributed by atoms with E-state index in [1.807, 2.05) is 0 Å². The maximum atomic E-state index is 2.49. The van der Waals surface area contributed by atoms with E-state index in [4.69, 9.17) is 0 Å². The molecule has 0 nitrogen and oxygen atoms in total. The molecule has 5 rings (SSSR count). The molecule has 5 aromatic rings. The third kappa shape index (κ3) is 3.58. The molecule has 0 saturated heterocycles. The van der Waals surface area contributed by atoms with Gasteiger partial charge in [-0.1, -0.05) is 106 Å². The van der Waals surface area contributed by atoms with E-state index in [0.717, 1.165) is 0 Å². The summed E-state index contributed by atoms with van der Waals surface area (Å²) in [5, 5.41) is 11.3. The quantitative estimate of drug-likeness (QED) is 0.186. The van der Waals surface area contributed by atoms with Gasteiger partial charge in [0.1, 0.15) is 0 Å². The van der Waals surface area contributed by atoms with E-state index < -0.39 is 0 Å². The molecular formula is C34H40. The van der Waals surface area contributed by atoms with Gasteiger partial charge in [-0.05, 0) is 100 Å². The molecule has 0 spiro atoms. The van der Waals surface area contributed by atoms with Crippen molar-refractivity contribution in [2.24, 2.45) is 0 Å². The van der Waals surface area contributed by atoms with Gasteiger partial charge in [-0.2, -0.15) is 0 Å². The third-order valence-electron chi connectivity index (χ3n) is 7.79. The highest BCUT2D eigenvalue weighted by molar-refractivity contribution is 6.33. The predicted octanol–water partition coefficient (Wildman–Crippen LogP) is 10.6. The highest BCUT2D eigenvalue weighted by atomic mass is 14.3. The van der Waals surface area contributed by atoms with Gasteiger partial charge in [-0.3, -0.25) is 0 Å². The zero-order valence-electron chi connectivity index (χ0n) is 22.8. The third-order valence-corrected chi connectivity index (χ3v) is 7.79. The van der Waals surface area contributed by atoms with Crippen LogP contribution in [0, 0.1) is 0 Å².